The van der Waals surface area contributed by atoms with E-state index in [4.69, 9.17) is 14.5 Å². The highest BCUT2D eigenvalue weighted by atomic mass is 16.6. The molecule has 8 nitrogen and oxygen atoms in total. The molecule has 2 saturated heterocycles. The van der Waals surface area contributed by atoms with E-state index >= 15 is 0 Å². The summed E-state index contributed by atoms with van der Waals surface area (Å²) in [6, 6.07) is 9.14. The molecule has 2 aliphatic heterocycles. The van der Waals surface area contributed by atoms with E-state index < -0.39 is 6.09 Å². The van der Waals surface area contributed by atoms with Crippen LogP contribution in [0.25, 0.3) is 0 Å². The second kappa shape index (κ2) is 9.16. The van der Waals surface area contributed by atoms with Crippen molar-refractivity contribution in [1.29, 1.82) is 0 Å². The number of pyridine rings is 1. The molecule has 2 fully saturated rings. The molecule has 1 atom stereocenters. The number of carbonyl (C=O) groups excluding carboxylic acids is 2. The number of rotatable bonds is 5. The van der Waals surface area contributed by atoms with E-state index in [0.717, 1.165) is 30.2 Å². The predicted octanol–water partition coefficient (Wildman–Crippen LogP) is 2.94. The van der Waals surface area contributed by atoms with Crippen LogP contribution in [-0.4, -0.2) is 74.4 Å². The maximum absolute atomic E-state index is 13.0. The first-order chi connectivity index (χ1) is 15.4. The van der Waals surface area contributed by atoms with Crippen molar-refractivity contribution in [2.24, 2.45) is 0 Å². The van der Waals surface area contributed by atoms with Gasteiger partial charge in [0.05, 0.1) is 12.6 Å². The molecule has 0 unspecified atom stereocenters. The zero-order valence-electron chi connectivity index (χ0n) is 19.1. The van der Waals surface area contributed by atoms with E-state index in [1.807, 2.05) is 11.8 Å². The number of aromatic nitrogens is 1. The number of aryl methyl sites for hydroxylation is 3. The Balaban J connectivity index is 1.40. The van der Waals surface area contributed by atoms with Gasteiger partial charge in [-0.2, -0.15) is 0 Å². The molecule has 0 saturated carbocycles. The zero-order valence-corrected chi connectivity index (χ0v) is 19.1. The van der Waals surface area contributed by atoms with E-state index in [2.05, 4.69) is 24.8 Å². The van der Waals surface area contributed by atoms with Crippen LogP contribution >= 0.6 is 0 Å². The molecule has 1 aromatic carbocycles. The number of carbonyl (C=O) groups is 2. The van der Waals surface area contributed by atoms with Crippen LogP contribution in [0.5, 0.6) is 0 Å². The lowest BCUT2D eigenvalue weighted by Crippen LogP contribution is -2.49. The van der Waals surface area contributed by atoms with Crippen molar-refractivity contribution < 1.29 is 19.1 Å². The summed E-state index contributed by atoms with van der Waals surface area (Å²) >= 11 is 0. The van der Waals surface area contributed by atoms with Crippen LogP contribution < -0.4 is 9.80 Å². The summed E-state index contributed by atoms with van der Waals surface area (Å²) in [5.41, 5.74) is 4.71. The number of hydrogen-bond acceptors (Lipinski definition) is 6. The molecule has 0 N–H and O–H groups in total. The van der Waals surface area contributed by atoms with E-state index in [-0.39, 0.29) is 11.9 Å². The van der Waals surface area contributed by atoms with Gasteiger partial charge >= 0.3 is 6.09 Å². The topological polar surface area (TPSA) is 75.2 Å². The van der Waals surface area contributed by atoms with E-state index in [9.17, 15) is 9.59 Å². The normalized spacial score (nSPS) is 18.8. The molecule has 0 radical (unpaired) electrons. The molecule has 0 aliphatic carbocycles. The van der Waals surface area contributed by atoms with Crippen LogP contribution in [0.15, 0.2) is 30.3 Å². The van der Waals surface area contributed by atoms with Crippen LogP contribution in [-0.2, 0) is 9.47 Å². The fourth-order valence-corrected chi connectivity index (χ4v) is 4.31. The van der Waals surface area contributed by atoms with Gasteiger partial charge in [-0.25, -0.2) is 9.78 Å². The maximum Gasteiger partial charge on any atom is 0.414 e. The Bertz CT molecular complexity index is 1000. The number of methoxy groups -OCH3 is 1. The quantitative estimate of drug-likeness (QED) is 0.715. The van der Waals surface area contributed by atoms with Crippen LogP contribution in [0.2, 0.25) is 0 Å². The smallest absolute Gasteiger partial charge is 0.414 e. The molecule has 2 aliphatic rings. The van der Waals surface area contributed by atoms with Crippen molar-refractivity contribution in [3.63, 3.8) is 0 Å². The zero-order chi connectivity index (χ0) is 22.8. The Kier molecular flexibility index (Phi) is 6.32. The van der Waals surface area contributed by atoms with Crippen molar-refractivity contribution in [3.05, 3.63) is 52.7 Å². The van der Waals surface area contributed by atoms with E-state index in [0.29, 0.717) is 37.6 Å². The monoisotopic (exact) mass is 438 g/mol. The second-order valence-electron chi connectivity index (χ2n) is 8.41. The number of nitrogens with zero attached hydrogens (tertiary/aromatic N) is 4. The molecule has 32 heavy (non-hydrogen) atoms. The highest BCUT2D eigenvalue weighted by Gasteiger charge is 2.34. The summed E-state index contributed by atoms with van der Waals surface area (Å²) in [5.74, 6) is 1.01. The molecule has 4 rings (SSSR count). The van der Waals surface area contributed by atoms with Gasteiger partial charge in [0.1, 0.15) is 12.4 Å². The minimum absolute atomic E-state index is 0.00147. The van der Waals surface area contributed by atoms with Gasteiger partial charge in [-0.1, -0.05) is 6.07 Å². The Morgan fingerprint density at radius 2 is 1.78 bits per heavy atom. The largest absolute Gasteiger partial charge is 0.447 e. The van der Waals surface area contributed by atoms with Crippen LogP contribution in [0.3, 0.4) is 0 Å². The van der Waals surface area contributed by atoms with Gasteiger partial charge in [0.2, 0.25) is 0 Å². The first kappa shape index (κ1) is 22.1. The highest BCUT2D eigenvalue weighted by molar-refractivity contribution is 5.96. The molecule has 2 aromatic rings. The van der Waals surface area contributed by atoms with Gasteiger partial charge in [0.15, 0.2) is 0 Å². The molecule has 0 spiro atoms. The Hall–Kier alpha value is -3.13. The highest BCUT2D eigenvalue weighted by Crippen LogP contribution is 2.25. The van der Waals surface area contributed by atoms with Gasteiger partial charge in [0.25, 0.3) is 5.91 Å². The summed E-state index contributed by atoms with van der Waals surface area (Å²) in [6.45, 7) is 9.66. The number of piperazine rings is 1. The van der Waals surface area contributed by atoms with E-state index in [1.165, 1.54) is 5.56 Å². The van der Waals surface area contributed by atoms with Crippen molar-refractivity contribution >= 4 is 23.5 Å². The summed E-state index contributed by atoms with van der Waals surface area (Å²) < 4.78 is 10.3. The van der Waals surface area contributed by atoms with Gasteiger partial charge in [0, 0.05) is 50.2 Å². The Morgan fingerprint density at radius 1 is 1.09 bits per heavy atom. The molecular formula is C24H30N4O4. The van der Waals surface area contributed by atoms with Crippen molar-refractivity contribution in [2.75, 3.05) is 56.3 Å². The summed E-state index contributed by atoms with van der Waals surface area (Å²) in [7, 11) is 1.60. The van der Waals surface area contributed by atoms with Gasteiger partial charge < -0.3 is 19.3 Å². The van der Waals surface area contributed by atoms with E-state index in [1.54, 1.807) is 36.3 Å². The Labute approximate surface area is 188 Å². The average molecular weight is 439 g/mol. The third-order valence-corrected chi connectivity index (χ3v) is 6.21. The van der Waals surface area contributed by atoms with Crippen LogP contribution in [0.1, 0.15) is 27.2 Å². The van der Waals surface area contributed by atoms with Crippen molar-refractivity contribution in [1.82, 2.24) is 9.88 Å². The van der Waals surface area contributed by atoms with Crippen LogP contribution in [0, 0.1) is 20.8 Å². The third kappa shape index (κ3) is 4.27. The molecule has 3 heterocycles. The first-order valence-electron chi connectivity index (χ1n) is 10.9. The first-order valence-corrected chi connectivity index (χ1v) is 10.9. The molecule has 2 amide bonds. The number of cyclic esters (lactones) is 1. The van der Waals surface area contributed by atoms with Crippen molar-refractivity contribution in [3.8, 4) is 0 Å². The maximum atomic E-state index is 13.0. The summed E-state index contributed by atoms with van der Waals surface area (Å²) in [5, 5.41) is 0. The van der Waals surface area contributed by atoms with Crippen LogP contribution in [0.4, 0.5) is 16.3 Å². The third-order valence-electron chi connectivity index (χ3n) is 6.21. The summed E-state index contributed by atoms with van der Waals surface area (Å²) in [4.78, 5) is 35.6. The summed E-state index contributed by atoms with van der Waals surface area (Å²) in [6.07, 6.45) is -0.391. The fraction of sp³-hybridized carbons (Fsp3) is 0.458. The molecule has 1 aromatic heterocycles. The van der Waals surface area contributed by atoms with Crippen molar-refractivity contribution in [2.45, 2.75) is 26.8 Å². The fourth-order valence-electron chi connectivity index (χ4n) is 4.31. The lowest BCUT2D eigenvalue weighted by molar-refractivity contribution is 0.0746. The second-order valence-corrected chi connectivity index (χ2v) is 8.41. The predicted molar refractivity (Wildman–Crippen MR) is 122 cm³/mol. The van der Waals surface area contributed by atoms with Gasteiger partial charge in [-0.05, 0) is 56.2 Å². The molecule has 170 valence electrons. The van der Waals surface area contributed by atoms with Gasteiger partial charge in [-0.15, -0.1) is 0 Å². The minimum Gasteiger partial charge on any atom is -0.447 e. The van der Waals surface area contributed by atoms with Gasteiger partial charge in [-0.3, -0.25) is 9.69 Å². The number of hydrogen-bond donors (Lipinski definition) is 0. The number of amides is 2. The standard InChI is InChI=1S/C24H30N4O4/c1-16-13-17(2)22(25-18(16)3)26-9-11-27(12-10-26)23(29)19-5-7-20(8-6-19)28-21(14-31-4)15-32-24(28)30/h5-8,13,21H,9-12,14-15H2,1-4H3/t21-/m1/s1. The lowest BCUT2D eigenvalue weighted by atomic mass is 10.1. The lowest BCUT2D eigenvalue weighted by Gasteiger charge is -2.36. The number of anilines is 2. The Morgan fingerprint density at radius 3 is 2.44 bits per heavy atom. The molecule has 0 bridgehead atoms. The number of benzene rings is 1. The average Bonchev–Trinajstić information content (AvgIpc) is 3.16. The SMILES string of the molecule is COC[C@@H]1COC(=O)N1c1ccc(C(=O)N2CCN(c3nc(C)c(C)cc3C)CC2)cc1. The molecule has 8 heteroatoms. The minimum atomic E-state index is -0.391. The number of ether oxygens (including phenoxy) is 2. The molecular weight excluding hydrogens is 408 g/mol.